The van der Waals surface area contributed by atoms with E-state index in [1.807, 2.05) is 56.6 Å². The van der Waals surface area contributed by atoms with Gasteiger partial charge in [-0.1, -0.05) is 24.3 Å². The summed E-state index contributed by atoms with van der Waals surface area (Å²) in [5, 5.41) is 8.79. The topological polar surface area (TPSA) is 30.9 Å². The minimum atomic E-state index is -0.284. The third-order valence-electron chi connectivity index (χ3n) is 6.00. The van der Waals surface area contributed by atoms with Crippen molar-refractivity contribution in [1.82, 2.24) is 0 Å². The van der Waals surface area contributed by atoms with Crippen LogP contribution in [0.3, 0.4) is 0 Å². The first kappa shape index (κ1) is 23.8. The van der Waals surface area contributed by atoms with Gasteiger partial charge in [-0.25, -0.2) is 8.78 Å². The number of aromatic nitrogens is 1. The molecule has 5 heteroatoms. The van der Waals surface area contributed by atoms with Crippen LogP contribution in [0.2, 0.25) is 0 Å². The molecule has 1 heterocycles. The molecule has 174 valence electrons. The van der Waals surface area contributed by atoms with E-state index < -0.39 is 0 Å². The van der Waals surface area contributed by atoms with Crippen LogP contribution >= 0.6 is 0 Å². The highest BCUT2D eigenvalue weighted by Crippen LogP contribution is 2.26. The molecule has 0 N–H and O–H groups in total. The van der Waals surface area contributed by atoms with Gasteiger partial charge in [0.2, 0.25) is 11.4 Å². The summed E-state index contributed by atoms with van der Waals surface area (Å²) >= 11 is 0. The van der Waals surface area contributed by atoms with Crippen LogP contribution in [0.1, 0.15) is 17.7 Å². The number of hydrogen-bond donors (Lipinski definition) is 0. The average Bonchev–Trinajstić information content (AvgIpc) is 2.88. The predicted molar refractivity (Wildman–Crippen MR) is 137 cm³/mol. The van der Waals surface area contributed by atoms with Crippen LogP contribution in [0.25, 0.3) is 34.5 Å². The third kappa shape index (κ3) is 5.80. The summed E-state index contributed by atoms with van der Waals surface area (Å²) in [6, 6.07) is 27.2. The van der Waals surface area contributed by atoms with Gasteiger partial charge >= 0.3 is 0 Å². The Kier molecular flexibility index (Phi) is 7.32. The molecule has 0 aliphatic carbocycles. The zero-order chi connectivity index (χ0) is 24.8. The second kappa shape index (κ2) is 10.8. The molecule has 0 spiro atoms. The van der Waals surface area contributed by atoms with Gasteiger partial charge in [-0.2, -0.15) is 9.83 Å². The second-order valence-corrected chi connectivity index (χ2v) is 8.38. The van der Waals surface area contributed by atoms with Gasteiger partial charge in [0.15, 0.2) is 0 Å². The summed E-state index contributed by atoms with van der Waals surface area (Å²) in [6.45, 7) is 0.684. The molecule has 0 amide bonds. The summed E-state index contributed by atoms with van der Waals surface area (Å²) in [5.41, 5.74) is 6.68. The normalized spacial score (nSPS) is 10.9. The van der Waals surface area contributed by atoms with Gasteiger partial charge in [-0.05, 0) is 71.3 Å². The van der Waals surface area contributed by atoms with E-state index >= 15 is 0 Å². The predicted octanol–water partition coefficient (Wildman–Crippen LogP) is 6.64. The maximum Gasteiger partial charge on any atom is 0.213 e. The molecule has 0 unspecified atom stereocenters. The van der Waals surface area contributed by atoms with E-state index in [2.05, 4.69) is 21.6 Å². The standard InChI is InChI=1S/C30H26F2N3/c1-34(19-3-18-33)28-15-4-22(5-16-28)6-17-29-20-25(23-7-11-26(31)12-8-23)21-30(35(29)2)24-9-13-27(32)14-10-24/h4-17,20-21H,3,19H2,1-2H3/q+1. The van der Waals surface area contributed by atoms with Crippen molar-refractivity contribution < 1.29 is 13.3 Å². The first-order chi connectivity index (χ1) is 16.9. The maximum atomic E-state index is 13.5. The SMILES string of the molecule is CN(CCC#N)c1ccc(/C=C/c2cc(-c3ccc(F)cc3)cc(-c3ccc(F)cc3)[n+]2C)cc1. The van der Waals surface area contributed by atoms with Gasteiger partial charge in [0.25, 0.3) is 0 Å². The molecule has 0 saturated heterocycles. The number of halogens is 2. The van der Waals surface area contributed by atoms with Gasteiger partial charge in [0, 0.05) is 43.1 Å². The summed E-state index contributed by atoms with van der Waals surface area (Å²) in [6.07, 6.45) is 4.56. The van der Waals surface area contributed by atoms with Gasteiger partial charge in [0.1, 0.15) is 18.7 Å². The monoisotopic (exact) mass is 466 g/mol. The first-order valence-electron chi connectivity index (χ1n) is 11.4. The molecule has 0 bridgehead atoms. The van der Waals surface area contributed by atoms with Crippen LogP contribution in [0.5, 0.6) is 0 Å². The highest BCUT2D eigenvalue weighted by Gasteiger charge is 2.17. The highest BCUT2D eigenvalue weighted by molar-refractivity contribution is 5.74. The lowest BCUT2D eigenvalue weighted by Crippen LogP contribution is -2.34. The minimum absolute atomic E-state index is 0.282. The number of benzene rings is 3. The quantitative estimate of drug-likeness (QED) is 0.286. The molecule has 0 aliphatic heterocycles. The number of nitrogens with zero attached hydrogens (tertiary/aromatic N) is 3. The fourth-order valence-corrected chi connectivity index (χ4v) is 3.92. The lowest BCUT2D eigenvalue weighted by atomic mass is 10.0. The van der Waals surface area contributed by atoms with Gasteiger partial charge in [0.05, 0.1) is 12.5 Å². The van der Waals surface area contributed by atoms with E-state index in [4.69, 9.17) is 5.26 Å². The number of rotatable bonds is 7. The van der Waals surface area contributed by atoms with Crippen LogP contribution in [0.4, 0.5) is 14.5 Å². The Labute approximate surface area is 204 Å². The Balaban J connectivity index is 1.70. The Morgan fingerprint density at radius 2 is 1.40 bits per heavy atom. The molecule has 0 fully saturated rings. The highest BCUT2D eigenvalue weighted by atomic mass is 19.1. The molecule has 0 atom stereocenters. The molecule has 0 aliphatic rings. The van der Waals surface area contributed by atoms with Crippen molar-refractivity contribution in [2.24, 2.45) is 7.05 Å². The molecule has 1 aromatic heterocycles. The fourth-order valence-electron chi connectivity index (χ4n) is 3.92. The summed E-state index contributed by atoms with van der Waals surface area (Å²) < 4.78 is 29.1. The van der Waals surface area contributed by atoms with Crippen LogP contribution in [0, 0.1) is 23.0 Å². The molecule has 4 rings (SSSR count). The third-order valence-corrected chi connectivity index (χ3v) is 6.00. The maximum absolute atomic E-state index is 13.5. The zero-order valence-corrected chi connectivity index (χ0v) is 19.7. The molecule has 3 nitrogen and oxygen atoms in total. The molecule has 0 radical (unpaired) electrons. The Morgan fingerprint density at radius 1 is 0.800 bits per heavy atom. The van der Waals surface area contributed by atoms with Crippen LogP contribution in [-0.2, 0) is 7.05 Å². The van der Waals surface area contributed by atoms with E-state index in [0.717, 1.165) is 39.3 Å². The molecular formula is C30H26F2N3+. The Bertz CT molecular complexity index is 1370. The summed E-state index contributed by atoms with van der Waals surface area (Å²) in [5.74, 6) is -0.566. The van der Waals surface area contributed by atoms with Gasteiger partial charge in [-0.3, -0.25) is 0 Å². The molecule has 4 aromatic rings. The molecule has 35 heavy (non-hydrogen) atoms. The fraction of sp³-hybridized carbons (Fsp3) is 0.133. The van der Waals surface area contributed by atoms with E-state index in [1.165, 1.54) is 24.3 Å². The van der Waals surface area contributed by atoms with Crippen molar-refractivity contribution in [3.63, 3.8) is 0 Å². The summed E-state index contributed by atoms with van der Waals surface area (Å²) in [7, 11) is 3.94. The van der Waals surface area contributed by atoms with Crippen LogP contribution in [-0.4, -0.2) is 13.6 Å². The van der Waals surface area contributed by atoms with Crippen molar-refractivity contribution in [2.45, 2.75) is 6.42 Å². The van der Waals surface area contributed by atoms with Crippen LogP contribution in [0.15, 0.2) is 84.9 Å². The minimum Gasteiger partial charge on any atom is -0.374 e. The number of anilines is 1. The second-order valence-electron chi connectivity index (χ2n) is 8.38. The Morgan fingerprint density at radius 3 is 2.00 bits per heavy atom. The largest absolute Gasteiger partial charge is 0.374 e. The number of nitriles is 1. The smallest absolute Gasteiger partial charge is 0.213 e. The van der Waals surface area contributed by atoms with E-state index in [0.29, 0.717) is 13.0 Å². The van der Waals surface area contributed by atoms with Crippen LogP contribution < -0.4 is 9.47 Å². The average molecular weight is 467 g/mol. The van der Waals surface area contributed by atoms with Crippen molar-refractivity contribution in [3.05, 3.63) is 108 Å². The lowest BCUT2D eigenvalue weighted by Gasteiger charge is -2.17. The van der Waals surface area contributed by atoms with E-state index in [-0.39, 0.29) is 11.6 Å². The lowest BCUT2D eigenvalue weighted by molar-refractivity contribution is -0.662. The summed E-state index contributed by atoms with van der Waals surface area (Å²) in [4.78, 5) is 2.05. The van der Waals surface area contributed by atoms with Crippen molar-refractivity contribution >= 4 is 17.8 Å². The van der Waals surface area contributed by atoms with Gasteiger partial charge in [-0.15, -0.1) is 0 Å². The van der Waals surface area contributed by atoms with Gasteiger partial charge < -0.3 is 4.90 Å². The van der Waals surface area contributed by atoms with Crippen molar-refractivity contribution in [3.8, 4) is 28.5 Å². The molecule has 3 aromatic carbocycles. The number of pyridine rings is 1. The van der Waals surface area contributed by atoms with Crippen molar-refractivity contribution in [2.75, 3.05) is 18.5 Å². The van der Waals surface area contributed by atoms with Crippen molar-refractivity contribution in [1.29, 1.82) is 5.26 Å². The molecule has 0 saturated carbocycles. The number of hydrogen-bond acceptors (Lipinski definition) is 2. The molecular weight excluding hydrogens is 440 g/mol. The Hall–Kier alpha value is -4.30. The van der Waals surface area contributed by atoms with E-state index in [9.17, 15) is 8.78 Å². The van der Waals surface area contributed by atoms with E-state index in [1.54, 1.807) is 24.3 Å². The first-order valence-corrected chi connectivity index (χ1v) is 11.4. The zero-order valence-electron chi connectivity index (χ0n) is 19.7.